The smallest absolute Gasteiger partial charge is 0.338 e. The van der Waals surface area contributed by atoms with Crippen LogP contribution in [-0.2, 0) is 4.79 Å². The normalized spacial score (nSPS) is 34.3. The Bertz CT molecular complexity index is 602. The van der Waals surface area contributed by atoms with E-state index in [2.05, 4.69) is 0 Å². The molecule has 8 heteroatoms. The van der Waals surface area contributed by atoms with Crippen molar-refractivity contribution in [3.8, 4) is 0 Å². The van der Waals surface area contributed by atoms with Crippen molar-refractivity contribution in [1.82, 2.24) is 0 Å². The van der Waals surface area contributed by atoms with Crippen LogP contribution < -0.4 is 0 Å². The van der Waals surface area contributed by atoms with Crippen LogP contribution in [0.2, 0.25) is 0 Å². The Balaban J connectivity index is 2.76. The number of hydrogen-bond donors (Lipinski definition) is 1. The van der Waals surface area contributed by atoms with Gasteiger partial charge in [-0.1, -0.05) is 0 Å². The summed E-state index contributed by atoms with van der Waals surface area (Å²) in [6, 6.07) is 0. The molecule has 0 amide bonds. The highest BCUT2D eigenvalue weighted by molar-refractivity contribution is 5.92. The van der Waals surface area contributed by atoms with Gasteiger partial charge in [-0.15, -0.1) is 0 Å². The van der Waals surface area contributed by atoms with Gasteiger partial charge in [-0.25, -0.2) is 31.1 Å². The molecular formula is C11H4F6O2. The van der Waals surface area contributed by atoms with Crippen LogP contribution in [0.1, 0.15) is 0 Å². The van der Waals surface area contributed by atoms with Gasteiger partial charge in [0.25, 0.3) is 0 Å². The fourth-order valence-electron chi connectivity index (χ4n) is 1.81. The van der Waals surface area contributed by atoms with E-state index in [0.29, 0.717) is 0 Å². The van der Waals surface area contributed by atoms with Crippen molar-refractivity contribution < 1.29 is 36.2 Å². The van der Waals surface area contributed by atoms with Gasteiger partial charge in [-0.05, 0) is 6.08 Å². The highest BCUT2D eigenvalue weighted by Crippen LogP contribution is 2.53. The summed E-state index contributed by atoms with van der Waals surface area (Å²) in [6.07, 6.45) is -0.961. The molecule has 102 valence electrons. The van der Waals surface area contributed by atoms with Crippen LogP contribution in [-0.4, -0.2) is 22.4 Å². The number of halogens is 6. The SMILES string of the molecule is O=C(O)C1=CC2(F)C(F)=C(F)C=C(F)C2(F)C=C1F. The molecule has 0 saturated carbocycles. The third-order valence-electron chi connectivity index (χ3n) is 2.82. The Hall–Kier alpha value is -1.99. The summed E-state index contributed by atoms with van der Waals surface area (Å²) in [5.74, 6) is -10.3. The van der Waals surface area contributed by atoms with Gasteiger partial charge in [0.1, 0.15) is 11.7 Å². The molecule has 19 heavy (non-hydrogen) atoms. The summed E-state index contributed by atoms with van der Waals surface area (Å²) in [7, 11) is 0. The van der Waals surface area contributed by atoms with Crippen molar-refractivity contribution in [3.63, 3.8) is 0 Å². The monoisotopic (exact) mass is 282 g/mol. The molecule has 0 spiro atoms. The molecule has 0 aromatic rings. The average molecular weight is 282 g/mol. The molecule has 1 N–H and O–H groups in total. The van der Waals surface area contributed by atoms with Gasteiger partial charge in [0.05, 0.1) is 5.57 Å². The molecular weight excluding hydrogens is 278 g/mol. The zero-order chi connectivity index (χ0) is 14.6. The first kappa shape index (κ1) is 13.4. The van der Waals surface area contributed by atoms with Crippen molar-refractivity contribution in [2.24, 2.45) is 0 Å². The summed E-state index contributed by atoms with van der Waals surface area (Å²) in [5, 5.41) is 8.54. The number of carbonyl (C=O) groups is 1. The second kappa shape index (κ2) is 3.75. The van der Waals surface area contributed by atoms with Crippen molar-refractivity contribution >= 4 is 5.97 Å². The van der Waals surface area contributed by atoms with Crippen LogP contribution in [0.3, 0.4) is 0 Å². The Kier molecular flexibility index (Phi) is 2.65. The minimum Gasteiger partial charge on any atom is -0.478 e. The Morgan fingerprint density at radius 3 is 2.16 bits per heavy atom. The van der Waals surface area contributed by atoms with Crippen molar-refractivity contribution in [3.05, 3.63) is 47.1 Å². The van der Waals surface area contributed by atoms with Crippen LogP contribution in [0.15, 0.2) is 47.1 Å². The summed E-state index contributed by atoms with van der Waals surface area (Å²) in [6.45, 7) is 0. The third kappa shape index (κ3) is 1.55. The molecule has 2 nitrogen and oxygen atoms in total. The van der Waals surface area contributed by atoms with Gasteiger partial charge in [-0.2, -0.15) is 0 Å². The second-order valence-electron chi connectivity index (χ2n) is 3.93. The molecule has 0 saturated heterocycles. The van der Waals surface area contributed by atoms with Crippen LogP contribution in [0.25, 0.3) is 0 Å². The number of hydrogen-bond acceptors (Lipinski definition) is 1. The first-order valence-electron chi connectivity index (χ1n) is 4.79. The number of fused-ring (bicyclic) bond motifs is 1. The topological polar surface area (TPSA) is 37.3 Å². The predicted molar refractivity (Wildman–Crippen MR) is 51.0 cm³/mol. The maximum Gasteiger partial charge on any atom is 0.338 e. The summed E-state index contributed by atoms with van der Waals surface area (Å²) in [5.41, 5.74) is -9.47. The quantitative estimate of drug-likeness (QED) is 0.749. The van der Waals surface area contributed by atoms with Crippen molar-refractivity contribution in [1.29, 1.82) is 0 Å². The third-order valence-corrected chi connectivity index (χ3v) is 2.82. The Morgan fingerprint density at radius 1 is 1.05 bits per heavy atom. The van der Waals surface area contributed by atoms with Gasteiger partial charge in [0.2, 0.25) is 11.3 Å². The zero-order valence-electron chi connectivity index (χ0n) is 8.86. The molecule has 0 aliphatic heterocycles. The van der Waals surface area contributed by atoms with E-state index in [9.17, 15) is 31.1 Å². The van der Waals surface area contributed by atoms with E-state index < -0.39 is 46.2 Å². The van der Waals surface area contributed by atoms with Gasteiger partial charge in [-0.3, -0.25) is 0 Å². The van der Waals surface area contributed by atoms with Crippen molar-refractivity contribution in [2.45, 2.75) is 11.3 Å². The lowest BCUT2D eigenvalue weighted by molar-refractivity contribution is -0.132. The summed E-state index contributed by atoms with van der Waals surface area (Å²) < 4.78 is 81.1. The van der Waals surface area contributed by atoms with Gasteiger partial charge in [0, 0.05) is 12.2 Å². The zero-order valence-corrected chi connectivity index (χ0v) is 8.86. The van der Waals surface area contributed by atoms with Gasteiger partial charge < -0.3 is 5.11 Å². The lowest BCUT2D eigenvalue weighted by Crippen LogP contribution is -2.50. The molecule has 0 radical (unpaired) electrons. The molecule has 0 heterocycles. The molecule has 2 aliphatic rings. The van der Waals surface area contributed by atoms with Gasteiger partial charge >= 0.3 is 5.97 Å². The number of carboxylic acid groups (broad SMARTS) is 1. The van der Waals surface area contributed by atoms with E-state index in [1.807, 2.05) is 0 Å². The van der Waals surface area contributed by atoms with E-state index in [1.54, 1.807) is 0 Å². The summed E-state index contributed by atoms with van der Waals surface area (Å²) in [4.78, 5) is 10.6. The van der Waals surface area contributed by atoms with E-state index in [1.165, 1.54) is 0 Å². The number of allylic oxidation sites excluding steroid dienone is 6. The van der Waals surface area contributed by atoms with E-state index in [-0.39, 0.29) is 18.2 Å². The van der Waals surface area contributed by atoms with Crippen LogP contribution >= 0.6 is 0 Å². The fourth-order valence-corrected chi connectivity index (χ4v) is 1.81. The lowest BCUT2D eigenvalue weighted by Gasteiger charge is -2.37. The van der Waals surface area contributed by atoms with Gasteiger partial charge in [0.15, 0.2) is 11.7 Å². The summed E-state index contributed by atoms with van der Waals surface area (Å²) >= 11 is 0. The largest absolute Gasteiger partial charge is 0.478 e. The molecule has 0 aromatic heterocycles. The molecule has 2 rings (SSSR count). The first-order valence-corrected chi connectivity index (χ1v) is 4.79. The number of rotatable bonds is 1. The predicted octanol–water partition coefficient (Wildman–Crippen LogP) is 3.30. The second-order valence-corrected chi connectivity index (χ2v) is 3.93. The molecule has 0 fully saturated rings. The number of carboxylic acids is 1. The number of aliphatic carboxylic acids is 1. The van der Waals surface area contributed by atoms with Crippen LogP contribution in [0.4, 0.5) is 26.3 Å². The first-order chi connectivity index (χ1) is 8.63. The van der Waals surface area contributed by atoms with Crippen LogP contribution in [0, 0.1) is 0 Å². The van der Waals surface area contributed by atoms with E-state index in [0.717, 1.165) is 0 Å². The fraction of sp³-hybridized carbons (Fsp3) is 0.182. The minimum atomic E-state index is -4.08. The maximum absolute atomic E-state index is 14.2. The van der Waals surface area contributed by atoms with E-state index >= 15 is 0 Å². The minimum absolute atomic E-state index is 0.267. The number of alkyl halides is 2. The molecule has 0 aromatic carbocycles. The highest BCUT2D eigenvalue weighted by atomic mass is 19.2. The highest BCUT2D eigenvalue weighted by Gasteiger charge is 2.63. The lowest BCUT2D eigenvalue weighted by atomic mass is 9.75. The van der Waals surface area contributed by atoms with E-state index in [4.69, 9.17) is 5.11 Å². The Morgan fingerprint density at radius 2 is 1.63 bits per heavy atom. The average Bonchev–Trinajstić information content (AvgIpc) is 2.30. The van der Waals surface area contributed by atoms with Crippen molar-refractivity contribution in [2.75, 3.05) is 0 Å². The standard InChI is InChI=1S/C11H4F6O2/c12-5-1-7(14)10(16)3-6(13)4(9(18)19)2-11(10,17)8(5)15/h1-3H,(H,18,19). The molecule has 2 aliphatic carbocycles. The maximum atomic E-state index is 14.2. The van der Waals surface area contributed by atoms with Crippen LogP contribution in [0.5, 0.6) is 0 Å². The Labute approximate surface area is 102 Å². The molecule has 2 atom stereocenters. The molecule has 0 bridgehead atoms. The molecule has 2 unspecified atom stereocenters.